The van der Waals surface area contributed by atoms with Crippen LogP contribution in [0.25, 0.3) is 76.5 Å². The van der Waals surface area contributed by atoms with Crippen LogP contribution in [0, 0.1) is 0 Å². The number of nitrogens with zero attached hydrogens (tertiary/aromatic N) is 1. The Labute approximate surface area is 308 Å². The van der Waals surface area contributed by atoms with Gasteiger partial charge in [0, 0.05) is 39.3 Å². The number of fused-ring (bicyclic) bond motifs is 11. The number of furan rings is 1. The van der Waals surface area contributed by atoms with Gasteiger partial charge in [0.05, 0.1) is 0 Å². The Balaban J connectivity index is 1.04. The fourth-order valence-corrected chi connectivity index (χ4v) is 8.95. The molecule has 0 spiro atoms. The second kappa shape index (κ2) is 11.2. The SMILES string of the molecule is CC1(C)c2ccccc2-c2ccc(N(c3ccc(-c4ccc5c(ccc6ccc7ccccc7c65)c4)cc3)c3ccc4c(c3)oc3ccccc34)cc21. The molecule has 0 amide bonds. The number of para-hydroxylation sites is 1. The summed E-state index contributed by atoms with van der Waals surface area (Å²) in [5.41, 5.74) is 12.7. The molecule has 1 aromatic heterocycles. The molecule has 9 aromatic carbocycles. The highest BCUT2D eigenvalue weighted by Gasteiger charge is 2.35. The van der Waals surface area contributed by atoms with Crippen molar-refractivity contribution < 1.29 is 4.42 Å². The molecule has 0 saturated heterocycles. The Morgan fingerprint density at radius 2 is 1.00 bits per heavy atom. The van der Waals surface area contributed by atoms with Gasteiger partial charge in [-0.1, -0.05) is 135 Å². The van der Waals surface area contributed by atoms with Crippen molar-refractivity contribution in [2.24, 2.45) is 0 Å². The fourth-order valence-electron chi connectivity index (χ4n) is 8.95. The van der Waals surface area contributed by atoms with Gasteiger partial charge in [-0.3, -0.25) is 0 Å². The average molecular weight is 678 g/mol. The van der Waals surface area contributed by atoms with Crippen molar-refractivity contribution in [1.82, 2.24) is 0 Å². The lowest BCUT2D eigenvalue weighted by atomic mass is 9.82. The van der Waals surface area contributed by atoms with Crippen LogP contribution in [-0.4, -0.2) is 0 Å². The predicted octanol–water partition coefficient (Wildman–Crippen LogP) is 14.5. The standard InChI is InChI=1S/C51H35NO/c1-51(2)46-13-7-5-11-42(46)43-27-24-38(30-47(43)51)52(39-25-28-45-44-12-6-8-14-48(44)53-49(45)31-39)37-22-19-32(20-23-37)35-21-26-41-36(29-35)18-17-34-16-15-33-9-3-4-10-40(33)50(34)41/h3-31H,1-2H3. The van der Waals surface area contributed by atoms with Gasteiger partial charge in [-0.15, -0.1) is 0 Å². The third-order valence-electron chi connectivity index (χ3n) is 11.6. The topological polar surface area (TPSA) is 16.4 Å². The molecule has 2 heteroatoms. The highest BCUT2D eigenvalue weighted by Crippen LogP contribution is 2.51. The third-order valence-corrected chi connectivity index (χ3v) is 11.6. The third kappa shape index (κ3) is 4.52. The molecule has 250 valence electrons. The van der Waals surface area contributed by atoms with E-state index in [4.69, 9.17) is 4.42 Å². The Morgan fingerprint density at radius 1 is 0.396 bits per heavy atom. The lowest BCUT2D eigenvalue weighted by Crippen LogP contribution is -2.16. The van der Waals surface area contributed by atoms with E-state index >= 15 is 0 Å². The molecule has 10 aromatic rings. The number of hydrogen-bond donors (Lipinski definition) is 0. The number of benzene rings is 9. The summed E-state index contributed by atoms with van der Waals surface area (Å²) in [6, 6.07) is 64.3. The summed E-state index contributed by atoms with van der Waals surface area (Å²) in [5, 5.41) is 9.96. The zero-order chi connectivity index (χ0) is 35.3. The van der Waals surface area contributed by atoms with Crippen LogP contribution in [0.15, 0.2) is 180 Å². The molecule has 2 nitrogen and oxygen atoms in total. The summed E-state index contributed by atoms with van der Waals surface area (Å²) in [4.78, 5) is 2.37. The monoisotopic (exact) mass is 677 g/mol. The molecule has 1 heterocycles. The van der Waals surface area contributed by atoms with E-state index in [1.165, 1.54) is 65.7 Å². The van der Waals surface area contributed by atoms with E-state index in [0.717, 1.165) is 39.0 Å². The van der Waals surface area contributed by atoms with E-state index in [1.54, 1.807) is 0 Å². The van der Waals surface area contributed by atoms with Crippen LogP contribution in [0.1, 0.15) is 25.0 Å². The normalized spacial score (nSPS) is 13.2. The van der Waals surface area contributed by atoms with Crippen molar-refractivity contribution in [3.8, 4) is 22.3 Å². The molecule has 53 heavy (non-hydrogen) atoms. The van der Waals surface area contributed by atoms with Gasteiger partial charge in [0.25, 0.3) is 0 Å². The smallest absolute Gasteiger partial charge is 0.137 e. The first-order chi connectivity index (χ1) is 26.0. The number of rotatable bonds is 4. The van der Waals surface area contributed by atoms with E-state index in [1.807, 2.05) is 12.1 Å². The van der Waals surface area contributed by atoms with E-state index in [2.05, 4.69) is 183 Å². The Bertz CT molecular complexity index is 3090. The zero-order valence-electron chi connectivity index (χ0n) is 29.6. The number of anilines is 3. The van der Waals surface area contributed by atoms with Crippen LogP contribution in [0.5, 0.6) is 0 Å². The molecule has 1 aliphatic rings. The molecule has 11 rings (SSSR count). The largest absolute Gasteiger partial charge is 0.456 e. The molecule has 0 unspecified atom stereocenters. The maximum absolute atomic E-state index is 6.40. The molecule has 0 atom stereocenters. The van der Waals surface area contributed by atoms with E-state index in [-0.39, 0.29) is 5.41 Å². The van der Waals surface area contributed by atoms with Crippen LogP contribution in [0.3, 0.4) is 0 Å². The number of hydrogen-bond acceptors (Lipinski definition) is 2. The summed E-state index contributed by atoms with van der Waals surface area (Å²) in [6.07, 6.45) is 0. The highest BCUT2D eigenvalue weighted by molar-refractivity contribution is 6.20. The summed E-state index contributed by atoms with van der Waals surface area (Å²) in [6.45, 7) is 4.69. The van der Waals surface area contributed by atoms with E-state index < -0.39 is 0 Å². The van der Waals surface area contributed by atoms with Crippen molar-refractivity contribution in [1.29, 1.82) is 0 Å². The second-order valence-corrected chi connectivity index (χ2v) is 14.9. The predicted molar refractivity (Wildman–Crippen MR) is 224 cm³/mol. The molecule has 1 aliphatic carbocycles. The maximum atomic E-state index is 6.40. The minimum atomic E-state index is -0.103. The van der Waals surface area contributed by atoms with Gasteiger partial charge in [0.1, 0.15) is 11.2 Å². The van der Waals surface area contributed by atoms with Gasteiger partial charge < -0.3 is 9.32 Å². The van der Waals surface area contributed by atoms with Crippen LogP contribution in [0.2, 0.25) is 0 Å². The molecule has 0 N–H and O–H groups in total. The first-order valence-electron chi connectivity index (χ1n) is 18.4. The van der Waals surface area contributed by atoms with Gasteiger partial charge in [-0.05, 0) is 114 Å². The van der Waals surface area contributed by atoms with Crippen molar-refractivity contribution >= 4 is 71.3 Å². The Morgan fingerprint density at radius 3 is 1.89 bits per heavy atom. The first-order valence-corrected chi connectivity index (χ1v) is 18.4. The van der Waals surface area contributed by atoms with Crippen molar-refractivity contribution in [2.75, 3.05) is 4.90 Å². The van der Waals surface area contributed by atoms with Gasteiger partial charge in [0.15, 0.2) is 0 Å². The van der Waals surface area contributed by atoms with Gasteiger partial charge in [-0.25, -0.2) is 0 Å². The van der Waals surface area contributed by atoms with Gasteiger partial charge in [-0.2, -0.15) is 0 Å². The van der Waals surface area contributed by atoms with Crippen molar-refractivity contribution in [3.05, 3.63) is 187 Å². The summed E-state index contributed by atoms with van der Waals surface area (Å²) < 4.78 is 6.40. The quantitative estimate of drug-likeness (QED) is 0.172. The van der Waals surface area contributed by atoms with Gasteiger partial charge >= 0.3 is 0 Å². The average Bonchev–Trinajstić information content (AvgIpc) is 3.69. The Hall–Kier alpha value is -6.64. The summed E-state index contributed by atoms with van der Waals surface area (Å²) in [7, 11) is 0. The summed E-state index contributed by atoms with van der Waals surface area (Å²) >= 11 is 0. The molecular formula is C51H35NO. The highest BCUT2D eigenvalue weighted by atomic mass is 16.3. The van der Waals surface area contributed by atoms with Crippen molar-refractivity contribution in [3.63, 3.8) is 0 Å². The maximum Gasteiger partial charge on any atom is 0.137 e. The lowest BCUT2D eigenvalue weighted by Gasteiger charge is -2.28. The van der Waals surface area contributed by atoms with E-state index in [0.29, 0.717) is 0 Å². The van der Waals surface area contributed by atoms with Crippen LogP contribution >= 0.6 is 0 Å². The zero-order valence-corrected chi connectivity index (χ0v) is 29.6. The lowest BCUT2D eigenvalue weighted by molar-refractivity contribution is 0.660. The minimum absolute atomic E-state index is 0.103. The Kier molecular flexibility index (Phi) is 6.33. The first kappa shape index (κ1) is 30.0. The molecule has 0 aliphatic heterocycles. The molecule has 0 bridgehead atoms. The second-order valence-electron chi connectivity index (χ2n) is 14.9. The van der Waals surface area contributed by atoms with Crippen LogP contribution in [-0.2, 0) is 5.41 Å². The van der Waals surface area contributed by atoms with Gasteiger partial charge in [0.2, 0.25) is 0 Å². The minimum Gasteiger partial charge on any atom is -0.456 e. The molecule has 0 radical (unpaired) electrons. The van der Waals surface area contributed by atoms with Crippen molar-refractivity contribution in [2.45, 2.75) is 19.3 Å². The van der Waals surface area contributed by atoms with Crippen LogP contribution in [0.4, 0.5) is 17.1 Å². The molecular weight excluding hydrogens is 643 g/mol. The molecule has 0 saturated carbocycles. The van der Waals surface area contributed by atoms with Crippen LogP contribution < -0.4 is 4.90 Å². The fraction of sp³-hybridized carbons (Fsp3) is 0.0588. The van der Waals surface area contributed by atoms with E-state index in [9.17, 15) is 0 Å². The molecule has 0 fully saturated rings. The summed E-state index contributed by atoms with van der Waals surface area (Å²) in [5.74, 6) is 0.